The molecule has 2 rings (SSSR count). The van der Waals surface area contributed by atoms with Crippen molar-refractivity contribution in [3.8, 4) is 0 Å². The van der Waals surface area contributed by atoms with E-state index in [1.165, 1.54) is 38.9 Å². The lowest BCUT2D eigenvalue weighted by atomic mass is 10.1. The van der Waals surface area contributed by atoms with Gasteiger partial charge in [-0.2, -0.15) is 0 Å². The summed E-state index contributed by atoms with van der Waals surface area (Å²) >= 11 is 0. The molecule has 0 spiro atoms. The zero-order valence-corrected chi connectivity index (χ0v) is 11.9. The minimum Gasteiger partial charge on any atom is -0.465 e. The van der Waals surface area contributed by atoms with E-state index >= 15 is 0 Å². The molecule has 1 N–H and O–H groups in total. The molecular formula is C15H26N2O. The fourth-order valence-corrected chi connectivity index (χ4v) is 2.76. The van der Waals surface area contributed by atoms with Gasteiger partial charge >= 0.3 is 0 Å². The third-order valence-corrected chi connectivity index (χ3v) is 3.94. The molecule has 1 aliphatic rings. The first kappa shape index (κ1) is 13.6. The topological polar surface area (TPSA) is 28.4 Å². The third-order valence-electron chi connectivity index (χ3n) is 3.94. The maximum atomic E-state index is 5.69. The van der Waals surface area contributed by atoms with Gasteiger partial charge in [-0.25, -0.2) is 0 Å². The molecule has 18 heavy (non-hydrogen) atoms. The van der Waals surface area contributed by atoms with Gasteiger partial charge in [0.15, 0.2) is 0 Å². The molecule has 0 amide bonds. The van der Waals surface area contributed by atoms with Crippen LogP contribution in [-0.2, 0) is 0 Å². The Morgan fingerprint density at radius 1 is 1.39 bits per heavy atom. The van der Waals surface area contributed by atoms with Crippen LogP contribution in [0.5, 0.6) is 0 Å². The van der Waals surface area contributed by atoms with Gasteiger partial charge in [-0.05, 0) is 64.9 Å². The molecule has 2 atom stereocenters. The number of furan rings is 1. The molecule has 0 aliphatic carbocycles. The van der Waals surface area contributed by atoms with Crippen LogP contribution in [0.2, 0.25) is 0 Å². The van der Waals surface area contributed by atoms with Crippen molar-refractivity contribution in [2.75, 3.05) is 19.6 Å². The Bertz CT molecular complexity index is 361. The van der Waals surface area contributed by atoms with E-state index in [9.17, 15) is 0 Å². The quantitative estimate of drug-likeness (QED) is 0.890. The molecule has 3 heteroatoms. The maximum Gasteiger partial charge on any atom is 0.120 e. The van der Waals surface area contributed by atoms with Crippen molar-refractivity contribution in [2.24, 2.45) is 0 Å². The highest BCUT2D eigenvalue weighted by Crippen LogP contribution is 2.19. The van der Waals surface area contributed by atoms with Gasteiger partial charge in [-0.3, -0.25) is 0 Å². The van der Waals surface area contributed by atoms with Crippen molar-refractivity contribution in [1.82, 2.24) is 10.2 Å². The second-order valence-electron chi connectivity index (χ2n) is 5.40. The van der Waals surface area contributed by atoms with Crippen LogP contribution in [0.15, 0.2) is 16.5 Å². The van der Waals surface area contributed by atoms with E-state index in [0.717, 1.165) is 11.5 Å². The average molecular weight is 250 g/mol. The van der Waals surface area contributed by atoms with Gasteiger partial charge in [-0.15, -0.1) is 0 Å². The first-order valence-electron chi connectivity index (χ1n) is 7.23. The van der Waals surface area contributed by atoms with Crippen LogP contribution < -0.4 is 5.32 Å². The summed E-state index contributed by atoms with van der Waals surface area (Å²) < 4.78 is 5.69. The number of hydrogen-bond acceptors (Lipinski definition) is 3. The summed E-state index contributed by atoms with van der Waals surface area (Å²) in [5.74, 6) is 2.06. The largest absolute Gasteiger partial charge is 0.465 e. The SMILES string of the molecule is CCN1CCCC(NC(C)c2ccc(C)o2)CC1. The van der Waals surface area contributed by atoms with E-state index in [0.29, 0.717) is 12.1 Å². The first-order chi connectivity index (χ1) is 8.69. The van der Waals surface area contributed by atoms with E-state index in [-0.39, 0.29) is 0 Å². The summed E-state index contributed by atoms with van der Waals surface area (Å²) in [6, 6.07) is 5.07. The highest BCUT2D eigenvalue weighted by Gasteiger charge is 2.19. The highest BCUT2D eigenvalue weighted by molar-refractivity contribution is 5.09. The Morgan fingerprint density at radius 3 is 2.89 bits per heavy atom. The number of hydrogen-bond donors (Lipinski definition) is 1. The number of aryl methyl sites for hydroxylation is 1. The van der Waals surface area contributed by atoms with E-state index in [1.54, 1.807) is 0 Å². The van der Waals surface area contributed by atoms with E-state index in [2.05, 4.69) is 30.1 Å². The first-order valence-corrected chi connectivity index (χ1v) is 7.23. The Morgan fingerprint density at radius 2 is 2.22 bits per heavy atom. The Labute approximate surface area is 111 Å². The minimum atomic E-state index is 0.317. The fourth-order valence-electron chi connectivity index (χ4n) is 2.76. The van der Waals surface area contributed by atoms with Crippen LogP contribution in [0.4, 0.5) is 0 Å². The average Bonchev–Trinajstić information content (AvgIpc) is 2.67. The van der Waals surface area contributed by atoms with Crippen molar-refractivity contribution in [3.05, 3.63) is 23.7 Å². The molecule has 1 fully saturated rings. The lowest BCUT2D eigenvalue weighted by Gasteiger charge is -2.21. The molecule has 2 heterocycles. The summed E-state index contributed by atoms with van der Waals surface area (Å²) in [5.41, 5.74) is 0. The summed E-state index contributed by atoms with van der Waals surface area (Å²) in [6.07, 6.45) is 3.83. The van der Waals surface area contributed by atoms with Gasteiger partial charge in [0.25, 0.3) is 0 Å². The molecule has 0 aromatic carbocycles. The minimum absolute atomic E-state index is 0.317. The third kappa shape index (κ3) is 3.59. The predicted molar refractivity (Wildman–Crippen MR) is 74.7 cm³/mol. The van der Waals surface area contributed by atoms with Crippen molar-refractivity contribution in [2.45, 2.75) is 52.1 Å². The molecule has 1 aromatic heterocycles. The maximum absolute atomic E-state index is 5.69. The number of rotatable bonds is 4. The second kappa shape index (κ2) is 6.39. The number of likely N-dealkylation sites (tertiary alicyclic amines) is 1. The van der Waals surface area contributed by atoms with Crippen LogP contribution >= 0.6 is 0 Å². The van der Waals surface area contributed by atoms with Gasteiger partial charge in [-0.1, -0.05) is 6.92 Å². The second-order valence-corrected chi connectivity index (χ2v) is 5.40. The van der Waals surface area contributed by atoms with Crippen LogP contribution in [0, 0.1) is 6.92 Å². The lowest BCUT2D eigenvalue weighted by molar-refractivity contribution is 0.294. The van der Waals surface area contributed by atoms with Gasteiger partial charge in [0.2, 0.25) is 0 Å². The van der Waals surface area contributed by atoms with E-state index in [4.69, 9.17) is 4.42 Å². The molecule has 102 valence electrons. The van der Waals surface area contributed by atoms with Crippen molar-refractivity contribution in [3.63, 3.8) is 0 Å². The normalized spacial score (nSPS) is 23.8. The van der Waals surface area contributed by atoms with Crippen LogP contribution in [-0.4, -0.2) is 30.6 Å². The highest BCUT2D eigenvalue weighted by atomic mass is 16.3. The van der Waals surface area contributed by atoms with E-state index < -0.39 is 0 Å². The molecule has 2 unspecified atom stereocenters. The fraction of sp³-hybridized carbons (Fsp3) is 0.733. The van der Waals surface area contributed by atoms with Gasteiger partial charge in [0, 0.05) is 6.04 Å². The summed E-state index contributed by atoms with van der Waals surface area (Å²) in [5, 5.41) is 3.71. The summed E-state index contributed by atoms with van der Waals surface area (Å²) in [7, 11) is 0. The van der Waals surface area contributed by atoms with Crippen LogP contribution in [0.3, 0.4) is 0 Å². The lowest BCUT2D eigenvalue weighted by Crippen LogP contribution is -2.32. The van der Waals surface area contributed by atoms with Gasteiger partial charge < -0.3 is 14.6 Å². The van der Waals surface area contributed by atoms with Crippen LogP contribution in [0.25, 0.3) is 0 Å². The zero-order chi connectivity index (χ0) is 13.0. The standard InChI is InChI=1S/C15H26N2O/c1-4-17-10-5-6-14(9-11-17)16-13(3)15-8-7-12(2)18-15/h7-8,13-14,16H,4-6,9-11H2,1-3H3. The molecule has 1 aromatic rings. The Hall–Kier alpha value is -0.800. The summed E-state index contributed by atoms with van der Waals surface area (Å²) in [4.78, 5) is 2.55. The van der Waals surface area contributed by atoms with E-state index in [1.807, 2.05) is 13.0 Å². The van der Waals surface area contributed by atoms with Crippen LogP contribution in [0.1, 0.15) is 50.7 Å². The van der Waals surface area contributed by atoms with Crippen molar-refractivity contribution < 1.29 is 4.42 Å². The molecule has 0 bridgehead atoms. The van der Waals surface area contributed by atoms with Crippen molar-refractivity contribution in [1.29, 1.82) is 0 Å². The van der Waals surface area contributed by atoms with Gasteiger partial charge in [0.1, 0.15) is 11.5 Å². The Kier molecular flexibility index (Phi) is 4.84. The molecule has 0 saturated carbocycles. The molecular weight excluding hydrogens is 224 g/mol. The molecule has 3 nitrogen and oxygen atoms in total. The molecule has 1 aliphatic heterocycles. The Balaban J connectivity index is 1.85. The zero-order valence-electron chi connectivity index (χ0n) is 11.9. The number of nitrogens with one attached hydrogen (secondary N) is 1. The monoisotopic (exact) mass is 250 g/mol. The molecule has 1 saturated heterocycles. The predicted octanol–water partition coefficient (Wildman–Crippen LogP) is 3.11. The molecule has 0 radical (unpaired) electrons. The number of nitrogens with zero attached hydrogens (tertiary/aromatic N) is 1. The summed E-state index contributed by atoms with van der Waals surface area (Å²) in [6.45, 7) is 10.1. The van der Waals surface area contributed by atoms with Gasteiger partial charge in [0.05, 0.1) is 6.04 Å². The smallest absolute Gasteiger partial charge is 0.120 e. The van der Waals surface area contributed by atoms with Crippen molar-refractivity contribution >= 4 is 0 Å².